The van der Waals surface area contributed by atoms with E-state index >= 15 is 0 Å². The van der Waals surface area contributed by atoms with E-state index in [1.807, 2.05) is 0 Å². The summed E-state index contributed by atoms with van der Waals surface area (Å²) in [6.07, 6.45) is 0. The Morgan fingerprint density at radius 1 is 1.16 bits per heavy atom. The lowest BCUT2D eigenvalue weighted by atomic mass is 10.1. The minimum Gasteiger partial charge on any atom is -0.508 e. The van der Waals surface area contributed by atoms with Gasteiger partial charge >= 0.3 is 0 Å². The number of amides is 1. The Morgan fingerprint density at radius 2 is 1.89 bits per heavy atom. The second-order valence-corrected chi connectivity index (χ2v) is 4.14. The van der Waals surface area contributed by atoms with E-state index < -0.39 is 17.5 Å². The van der Waals surface area contributed by atoms with Gasteiger partial charge in [-0.15, -0.1) is 0 Å². The summed E-state index contributed by atoms with van der Waals surface area (Å²) in [4.78, 5) is 11.8. The van der Waals surface area contributed by atoms with Crippen LogP contribution in [0.2, 0.25) is 0 Å². The summed E-state index contributed by atoms with van der Waals surface area (Å²) < 4.78 is 26.6. The largest absolute Gasteiger partial charge is 0.508 e. The van der Waals surface area contributed by atoms with Crippen LogP contribution in [-0.2, 0) is 0 Å². The molecule has 0 fully saturated rings. The Kier molecular flexibility index (Phi) is 3.46. The fourth-order valence-electron chi connectivity index (χ4n) is 1.67. The molecule has 98 valence electrons. The molecule has 2 rings (SSSR count). The molecule has 5 heteroatoms. The summed E-state index contributed by atoms with van der Waals surface area (Å²) in [5.74, 6) is -2.15. The summed E-state index contributed by atoms with van der Waals surface area (Å²) in [5.41, 5.74) is 0.617. The first kappa shape index (κ1) is 13.0. The van der Waals surface area contributed by atoms with Gasteiger partial charge in [0.25, 0.3) is 5.91 Å². The molecule has 0 aliphatic carbocycles. The Bertz CT molecular complexity index is 621. The van der Waals surface area contributed by atoms with Crippen molar-refractivity contribution in [1.29, 1.82) is 0 Å². The number of rotatable bonds is 2. The van der Waals surface area contributed by atoms with E-state index in [9.17, 15) is 13.6 Å². The monoisotopic (exact) mass is 263 g/mol. The number of halogens is 2. The first-order valence-corrected chi connectivity index (χ1v) is 5.53. The van der Waals surface area contributed by atoms with Crippen molar-refractivity contribution in [3.8, 4) is 5.75 Å². The smallest absolute Gasteiger partial charge is 0.255 e. The normalized spacial score (nSPS) is 10.3. The van der Waals surface area contributed by atoms with Crippen LogP contribution in [0.25, 0.3) is 0 Å². The summed E-state index contributed by atoms with van der Waals surface area (Å²) in [6.45, 7) is 1.65. The summed E-state index contributed by atoms with van der Waals surface area (Å²) in [6, 6.07) is 7.21. The van der Waals surface area contributed by atoms with Gasteiger partial charge in [-0.05, 0) is 42.8 Å². The highest BCUT2D eigenvalue weighted by Gasteiger charge is 2.11. The predicted molar refractivity (Wildman–Crippen MR) is 67.2 cm³/mol. The minimum atomic E-state index is -0.763. The van der Waals surface area contributed by atoms with E-state index in [0.717, 1.165) is 12.1 Å². The molecule has 0 radical (unpaired) electrons. The van der Waals surface area contributed by atoms with Gasteiger partial charge in [0.15, 0.2) is 0 Å². The van der Waals surface area contributed by atoms with Crippen LogP contribution in [0.4, 0.5) is 14.5 Å². The molecule has 0 bridgehead atoms. The molecule has 0 atom stereocenters. The second-order valence-electron chi connectivity index (χ2n) is 4.14. The highest BCUT2D eigenvalue weighted by molar-refractivity contribution is 6.04. The molecule has 2 N–H and O–H groups in total. The molecule has 0 aliphatic heterocycles. The van der Waals surface area contributed by atoms with Crippen LogP contribution in [0.5, 0.6) is 5.75 Å². The maximum atomic E-state index is 13.4. The molecule has 0 spiro atoms. The number of hydrogen-bond acceptors (Lipinski definition) is 2. The Hall–Kier alpha value is -2.43. The fraction of sp³-hybridized carbons (Fsp3) is 0.0714. The molecular formula is C14H11F2NO2. The van der Waals surface area contributed by atoms with Crippen LogP contribution >= 0.6 is 0 Å². The first-order chi connectivity index (χ1) is 8.95. The fourth-order valence-corrected chi connectivity index (χ4v) is 1.67. The van der Waals surface area contributed by atoms with Crippen LogP contribution in [0.15, 0.2) is 36.4 Å². The second kappa shape index (κ2) is 5.06. The Labute approximate surface area is 108 Å². The number of phenols is 1. The van der Waals surface area contributed by atoms with Crippen molar-refractivity contribution in [2.45, 2.75) is 6.92 Å². The van der Waals surface area contributed by atoms with Crippen LogP contribution in [0.1, 0.15) is 15.9 Å². The van der Waals surface area contributed by atoms with Crippen molar-refractivity contribution in [2.75, 3.05) is 5.32 Å². The van der Waals surface area contributed by atoms with Gasteiger partial charge in [0, 0.05) is 11.6 Å². The third-order valence-electron chi connectivity index (χ3n) is 2.51. The number of carbonyl (C=O) groups is 1. The number of carbonyl (C=O) groups excluding carboxylic acids is 1. The van der Waals surface area contributed by atoms with E-state index in [2.05, 4.69) is 5.32 Å². The maximum absolute atomic E-state index is 13.4. The summed E-state index contributed by atoms with van der Waals surface area (Å²) in [7, 11) is 0. The van der Waals surface area contributed by atoms with Gasteiger partial charge in [-0.3, -0.25) is 4.79 Å². The van der Waals surface area contributed by atoms with E-state index in [1.165, 1.54) is 24.3 Å². The molecule has 0 saturated carbocycles. The van der Waals surface area contributed by atoms with Gasteiger partial charge in [0.1, 0.15) is 17.4 Å². The zero-order valence-corrected chi connectivity index (χ0v) is 10.1. The molecule has 0 aliphatic rings. The van der Waals surface area contributed by atoms with Crippen molar-refractivity contribution in [2.24, 2.45) is 0 Å². The van der Waals surface area contributed by atoms with Crippen LogP contribution in [-0.4, -0.2) is 11.0 Å². The maximum Gasteiger partial charge on any atom is 0.255 e. The predicted octanol–water partition coefficient (Wildman–Crippen LogP) is 3.23. The Balaban J connectivity index is 2.25. The van der Waals surface area contributed by atoms with E-state index in [4.69, 9.17) is 5.11 Å². The topological polar surface area (TPSA) is 49.3 Å². The van der Waals surface area contributed by atoms with E-state index in [1.54, 1.807) is 6.92 Å². The number of phenolic OH excluding ortho intramolecular Hbond substituents is 1. The quantitative estimate of drug-likeness (QED) is 0.817. The summed E-state index contributed by atoms with van der Waals surface area (Å²) in [5, 5.41) is 11.4. The average Bonchev–Trinajstić information content (AvgIpc) is 2.31. The minimum absolute atomic E-state index is 0.0790. The molecule has 2 aromatic rings. The number of nitrogens with one attached hydrogen (secondary N) is 1. The molecule has 0 unspecified atom stereocenters. The third kappa shape index (κ3) is 3.07. The van der Waals surface area contributed by atoms with Gasteiger partial charge < -0.3 is 10.4 Å². The van der Waals surface area contributed by atoms with Crippen molar-refractivity contribution in [3.05, 3.63) is 59.2 Å². The third-order valence-corrected chi connectivity index (χ3v) is 2.51. The lowest BCUT2D eigenvalue weighted by Gasteiger charge is -2.07. The van der Waals surface area contributed by atoms with Crippen molar-refractivity contribution in [3.63, 3.8) is 0 Å². The van der Waals surface area contributed by atoms with Gasteiger partial charge in [-0.1, -0.05) is 0 Å². The van der Waals surface area contributed by atoms with Gasteiger partial charge in [-0.2, -0.15) is 0 Å². The van der Waals surface area contributed by atoms with Crippen LogP contribution in [0.3, 0.4) is 0 Å². The van der Waals surface area contributed by atoms with Crippen molar-refractivity contribution >= 4 is 11.6 Å². The lowest BCUT2D eigenvalue weighted by molar-refractivity contribution is 0.102. The molecule has 19 heavy (non-hydrogen) atoms. The number of aromatic hydroxyl groups is 1. The number of anilines is 1. The molecule has 0 aromatic heterocycles. The molecular weight excluding hydrogens is 252 g/mol. The zero-order chi connectivity index (χ0) is 14.0. The van der Waals surface area contributed by atoms with E-state index in [0.29, 0.717) is 5.56 Å². The molecule has 3 nitrogen and oxygen atoms in total. The standard InChI is InChI=1S/C14H11F2NO2/c1-8-4-9(6-10(15)5-8)14(19)17-13-3-2-11(18)7-12(13)16/h2-7,18H,1H3,(H,17,19). The number of aryl methyl sites for hydroxylation is 1. The van der Waals surface area contributed by atoms with Gasteiger partial charge in [0.05, 0.1) is 5.69 Å². The summed E-state index contributed by atoms with van der Waals surface area (Å²) >= 11 is 0. The van der Waals surface area contributed by atoms with Crippen LogP contribution < -0.4 is 5.32 Å². The number of benzene rings is 2. The average molecular weight is 263 g/mol. The molecule has 0 saturated heterocycles. The highest BCUT2D eigenvalue weighted by Crippen LogP contribution is 2.20. The van der Waals surface area contributed by atoms with Gasteiger partial charge in [-0.25, -0.2) is 8.78 Å². The zero-order valence-electron chi connectivity index (χ0n) is 10.1. The van der Waals surface area contributed by atoms with Crippen LogP contribution in [0, 0.1) is 18.6 Å². The molecule has 0 heterocycles. The Morgan fingerprint density at radius 3 is 2.53 bits per heavy atom. The number of hydrogen-bond donors (Lipinski definition) is 2. The highest BCUT2D eigenvalue weighted by atomic mass is 19.1. The van der Waals surface area contributed by atoms with Crippen molar-refractivity contribution in [1.82, 2.24) is 0 Å². The van der Waals surface area contributed by atoms with E-state index in [-0.39, 0.29) is 17.0 Å². The SMILES string of the molecule is Cc1cc(F)cc(C(=O)Nc2ccc(O)cc2F)c1. The molecule has 1 amide bonds. The van der Waals surface area contributed by atoms with Crippen molar-refractivity contribution < 1.29 is 18.7 Å². The first-order valence-electron chi connectivity index (χ1n) is 5.53. The van der Waals surface area contributed by atoms with Gasteiger partial charge in [0.2, 0.25) is 0 Å². The molecule has 2 aromatic carbocycles. The lowest BCUT2D eigenvalue weighted by Crippen LogP contribution is -2.13.